The third kappa shape index (κ3) is 5.25. The fourth-order valence-corrected chi connectivity index (χ4v) is 3.18. The van der Waals surface area contributed by atoms with Gasteiger partial charge in [0.2, 0.25) is 5.91 Å². The van der Waals surface area contributed by atoms with Gasteiger partial charge >= 0.3 is 0 Å². The molecule has 0 bridgehead atoms. The van der Waals surface area contributed by atoms with Gasteiger partial charge < -0.3 is 15.0 Å². The Kier molecular flexibility index (Phi) is 7.45. The average Bonchev–Trinajstić information content (AvgIpc) is 2.88. The number of amides is 2. The number of benzene rings is 1. The minimum Gasteiger partial charge on any atom is -0.482 e. The summed E-state index contributed by atoms with van der Waals surface area (Å²) < 4.78 is 7.29. The van der Waals surface area contributed by atoms with E-state index in [2.05, 4.69) is 10.4 Å². The molecule has 0 aliphatic heterocycles. The van der Waals surface area contributed by atoms with Gasteiger partial charge in [0.15, 0.2) is 6.61 Å². The number of hydrogen-bond acceptors (Lipinski definition) is 4. The minimum absolute atomic E-state index is 0.0767. The van der Waals surface area contributed by atoms with Gasteiger partial charge in [0.1, 0.15) is 5.75 Å². The maximum Gasteiger partial charge on any atom is 0.260 e. The van der Waals surface area contributed by atoms with E-state index < -0.39 is 0 Å². The number of carbonyl (C=O) groups is 2. The molecule has 0 spiro atoms. The third-order valence-corrected chi connectivity index (χ3v) is 4.97. The molecule has 2 rings (SSSR count). The van der Waals surface area contributed by atoms with Crippen LogP contribution in [0.1, 0.15) is 30.8 Å². The number of nitrogens with one attached hydrogen (secondary N) is 1. The number of ether oxygens (including phenoxy) is 1. The highest BCUT2D eigenvalue weighted by atomic mass is 35.5. The Bertz CT molecular complexity index is 859. The van der Waals surface area contributed by atoms with Crippen molar-refractivity contribution in [3.05, 3.63) is 40.2 Å². The molecule has 0 atom stereocenters. The molecular formula is C20H27ClN4O3. The van der Waals surface area contributed by atoms with Crippen molar-refractivity contribution in [2.45, 2.75) is 34.1 Å². The third-order valence-electron chi connectivity index (χ3n) is 4.68. The zero-order valence-corrected chi connectivity index (χ0v) is 17.8. The molecule has 1 aromatic heterocycles. The molecule has 2 amide bonds. The lowest BCUT2D eigenvalue weighted by atomic mass is 10.1. The van der Waals surface area contributed by atoms with E-state index in [0.29, 0.717) is 29.5 Å². The number of likely N-dealkylation sites (N-methyl/N-ethyl adjacent to an activating group) is 1. The molecule has 0 fully saturated rings. The number of halogens is 1. The summed E-state index contributed by atoms with van der Waals surface area (Å²) in [6, 6.07) is 4.96. The van der Waals surface area contributed by atoms with Gasteiger partial charge in [0.25, 0.3) is 5.91 Å². The van der Waals surface area contributed by atoms with Crippen molar-refractivity contribution >= 4 is 29.1 Å². The molecule has 8 heteroatoms. The van der Waals surface area contributed by atoms with Crippen molar-refractivity contribution in [1.82, 2.24) is 14.7 Å². The van der Waals surface area contributed by atoms with Crippen molar-refractivity contribution in [1.29, 1.82) is 0 Å². The van der Waals surface area contributed by atoms with E-state index in [4.69, 9.17) is 16.3 Å². The van der Waals surface area contributed by atoms with Crippen molar-refractivity contribution in [3.8, 4) is 5.75 Å². The highest BCUT2D eigenvalue weighted by Crippen LogP contribution is 2.28. The number of nitrogens with zero attached hydrogens (tertiary/aromatic N) is 3. The van der Waals surface area contributed by atoms with Crippen LogP contribution in [0.25, 0.3) is 0 Å². The summed E-state index contributed by atoms with van der Waals surface area (Å²) in [4.78, 5) is 26.1. The van der Waals surface area contributed by atoms with E-state index in [0.717, 1.165) is 17.0 Å². The topological polar surface area (TPSA) is 76.5 Å². The van der Waals surface area contributed by atoms with Crippen molar-refractivity contribution in [3.63, 3.8) is 0 Å². The minimum atomic E-state index is -0.152. The summed E-state index contributed by atoms with van der Waals surface area (Å²) in [5.74, 6) is 0.153. The first-order chi connectivity index (χ1) is 13.3. The molecule has 1 heterocycles. The first kappa shape index (κ1) is 21.8. The molecule has 0 aliphatic rings. The van der Waals surface area contributed by atoms with E-state index in [1.54, 1.807) is 27.8 Å². The van der Waals surface area contributed by atoms with Gasteiger partial charge in [-0.3, -0.25) is 14.3 Å². The molecule has 0 aliphatic carbocycles. The van der Waals surface area contributed by atoms with Crippen molar-refractivity contribution in [2.24, 2.45) is 7.05 Å². The first-order valence-electron chi connectivity index (χ1n) is 9.25. The van der Waals surface area contributed by atoms with Gasteiger partial charge in [-0.1, -0.05) is 11.6 Å². The van der Waals surface area contributed by atoms with Crippen molar-refractivity contribution < 1.29 is 14.3 Å². The molecule has 152 valence electrons. The smallest absolute Gasteiger partial charge is 0.260 e. The Morgan fingerprint density at radius 2 is 1.93 bits per heavy atom. The lowest BCUT2D eigenvalue weighted by Gasteiger charge is -2.19. The highest BCUT2D eigenvalue weighted by Gasteiger charge is 2.15. The fraction of sp³-hybridized carbons (Fsp3) is 0.450. The number of aryl methyl sites for hydroxylation is 2. The standard InChI is InChI=1S/C20H27ClN4O3/c1-6-25(7-2)20(27)12-28-18-9-8-15(10-17(18)21)22-19(26)11-16-13(3)23-24(5)14(16)4/h8-10H,6-7,11-12H2,1-5H3,(H,22,26). The molecule has 0 radical (unpaired) electrons. The van der Waals surface area contributed by atoms with E-state index in [-0.39, 0.29) is 24.8 Å². The lowest BCUT2D eigenvalue weighted by Crippen LogP contribution is -2.34. The molecule has 2 aromatic rings. The SMILES string of the molecule is CCN(CC)C(=O)COc1ccc(NC(=O)Cc2c(C)nn(C)c2C)cc1Cl. The van der Waals surface area contributed by atoms with Crippen LogP contribution in [-0.2, 0) is 23.1 Å². The van der Waals surface area contributed by atoms with Crippen LogP contribution in [0.5, 0.6) is 5.75 Å². The first-order valence-corrected chi connectivity index (χ1v) is 9.63. The van der Waals surface area contributed by atoms with Gasteiger partial charge in [-0.15, -0.1) is 0 Å². The van der Waals surface area contributed by atoms with Crippen LogP contribution in [-0.4, -0.2) is 46.2 Å². The van der Waals surface area contributed by atoms with E-state index in [1.165, 1.54) is 0 Å². The number of carbonyl (C=O) groups excluding carboxylic acids is 2. The monoisotopic (exact) mass is 406 g/mol. The van der Waals surface area contributed by atoms with Crippen LogP contribution in [0.15, 0.2) is 18.2 Å². The van der Waals surface area contributed by atoms with Gasteiger partial charge in [-0.2, -0.15) is 5.10 Å². The van der Waals surface area contributed by atoms with E-state index in [9.17, 15) is 9.59 Å². The summed E-state index contributed by atoms with van der Waals surface area (Å²) in [5, 5.41) is 7.49. The van der Waals surface area contributed by atoms with Crippen molar-refractivity contribution in [2.75, 3.05) is 25.0 Å². The summed E-state index contributed by atoms with van der Waals surface area (Å²) in [6.07, 6.45) is 0.236. The maximum atomic E-state index is 12.4. The number of rotatable bonds is 8. The van der Waals surface area contributed by atoms with Crippen LogP contribution in [0.4, 0.5) is 5.69 Å². The molecule has 7 nitrogen and oxygen atoms in total. The summed E-state index contributed by atoms with van der Waals surface area (Å²) in [7, 11) is 1.85. The van der Waals surface area contributed by atoms with Crippen LogP contribution in [0.2, 0.25) is 5.02 Å². The normalized spacial score (nSPS) is 10.6. The lowest BCUT2D eigenvalue weighted by molar-refractivity contribution is -0.133. The van der Waals surface area contributed by atoms with Gasteiger partial charge in [0, 0.05) is 37.1 Å². The predicted octanol–water partition coefficient (Wildman–Crippen LogP) is 3.12. The largest absolute Gasteiger partial charge is 0.482 e. The van der Waals surface area contributed by atoms with E-state index in [1.807, 2.05) is 34.7 Å². The van der Waals surface area contributed by atoms with Gasteiger partial charge in [-0.25, -0.2) is 0 Å². The molecule has 1 N–H and O–H groups in total. The Morgan fingerprint density at radius 3 is 2.46 bits per heavy atom. The summed E-state index contributed by atoms with van der Waals surface area (Å²) in [6.45, 7) is 8.84. The molecule has 0 unspecified atom stereocenters. The second kappa shape index (κ2) is 9.59. The van der Waals surface area contributed by atoms with Gasteiger partial charge in [0.05, 0.1) is 17.1 Å². The Labute approximate surface area is 170 Å². The summed E-state index contributed by atoms with van der Waals surface area (Å²) in [5.41, 5.74) is 3.29. The van der Waals surface area contributed by atoms with Gasteiger partial charge in [-0.05, 0) is 45.9 Å². The zero-order chi connectivity index (χ0) is 20.8. The Balaban J connectivity index is 1.98. The van der Waals surface area contributed by atoms with E-state index >= 15 is 0 Å². The summed E-state index contributed by atoms with van der Waals surface area (Å²) >= 11 is 6.24. The Hall–Kier alpha value is -2.54. The quantitative estimate of drug-likeness (QED) is 0.730. The average molecular weight is 407 g/mol. The second-order valence-corrected chi connectivity index (χ2v) is 6.91. The Morgan fingerprint density at radius 1 is 1.25 bits per heavy atom. The molecule has 0 saturated carbocycles. The molecule has 0 saturated heterocycles. The zero-order valence-electron chi connectivity index (χ0n) is 17.0. The number of aromatic nitrogens is 2. The molecular weight excluding hydrogens is 380 g/mol. The molecule has 1 aromatic carbocycles. The molecule has 28 heavy (non-hydrogen) atoms. The fourth-order valence-electron chi connectivity index (χ4n) is 2.94. The number of hydrogen-bond donors (Lipinski definition) is 1. The van der Waals surface area contributed by atoms with Crippen LogP contribution < -0.4 is 10.1 Å². The van der Waals surface area contributed by atoms with Crippen LogP contribution in [0.3, 0.4) is 0 Å². The van der Waals surface area contributed by atoms with Crippen LogP contribution in [0, 0.1) is 13.8 Å². The maximum absolute atomic E-state index is 12.4. The van der Waals surface area contributed by atoms with Crippen LogP contribution >= 0.6 is 11.6 Å². The highest BCUT2D eigenvalue weighted by molar-refractivity contribution is 6.32. The predicted molar refractivity (Wildman–Crippen MR) is 110 cm³/mol. The second-order valence-electron chi connectivity index (χ2n) is 6.50. The number of anilines is 1.